The molecule has 1 aromatic carbocycles. The highest BCUT2D eigenvalue weighted by molar-refractivity contribution is 7.60. The highest BCUT2D eigenvalue weighted by atomic mass is 31.2. The van der Waals surface area contributed by atoms with Crippen LogP contribution in [0.1, 0.15) is 26.2 Å². The molecule has 2 N–H and O–H groups in total. The smallest absolute Gasteiger partial charge is 0.359 e. The van der Waals surface area contributed by atoms with Crippen LogP contribution in [0.3, 0.4) is 0 Å². The maximum Gasteiger partial charge on any atom is 0.359 e. The van der Waals surface area contributed by atoms with Gasteiger partial charge in [-0.1, -0.05) is 31.9 Å². The van der Waals surface area contributed by atoms with E-state index in [-0.39, 0.29) is 11.1 Å². The Balaban J connectivity index is 2.69. The Kier molecular flexibility index (Phi) is 5.00. The second-order valence-corrected chi connectivity index (χ2v) is 5.14. The lowest BCUT2D eigenvalue weighted by atomic mass is 10.3. The number of hydrogen-bond acceptors (Lipinski definition) is 2. The summed E-state index contributed by atoms with van der Waals surface area (Å²) in [5.41, 5.74) is 0. The average Bonchev–Trinajstić information content (AvgIpc) is 2.24. The number of ether oxygens (including phenoxy) is 1. The van der Waals surface area contributed by atoms with Crippen molar-refractivity contribution in [3.63, 3.8) is 0 Å². The van der Waals surface area contributed by atoms with Crippen molar-refractivity contribution >= 4 is 12.9 Å². The fourth-order valence-corrected chi connectivity index (χ4v) is 2.06. The monoisotopic (exact) mass is 244 g/mol. The second-order valence-electron chi connectivity index (χ2n) is 3.57. The van der Waals surface area contributed by atoms with Crippen LogP contribution in [0.5, 0.6) is 5.75 Å². The van der Waals surface area contributed by atoms with Gasteiger partial charge in [0.1, 0.15) is 11.1 Å². The van der Waals surface area contributed by atoms with E-state index < -0.39 is 7.60 Å². The third kappa shape index (κ3) is 3.97. The summed E-state index contributed by atoms with van der Waals surface area (Å²) < 4.78 is 16.5. The van der Waals surface area contributed by atoms with Crippen molar-refractivity contribution in [2.45, 2.75) is 26.2 Å². The largest absolute Gasteiger partial charge is 0.493 e. The molecule has 0 saturated heterocycles. The van der Waals surface area contributed by atoms with Crippen molar-refractivity contribution in [2.75, 3.05) is 6.61 Å². The molecule has 1 aromatic rings. The molecule has 5 heteroatoms. The quantitative estimate of drug-likeness (QED) is 0.593. The number of hydrogen-bond donors (Lipinski definition) is 2. The Morgan fingerprint density at radius 1 is 1.25 bits per heavy atom. The number of para-hydroxylation sites is 1. The van der Waals surface area contributed by atoms with E-state index in [1.165, 1.54) is 6.07 Å². The molecule has 0 aliphatic rings. The molecular weight excluding hydrogens is 227 g/mol. The molecule has 4 nitrogen and oxygen atoms in total. The molecule has 0 aliphatic carbocycles. The van der Waals surface area contributed by atoms with Crippen LogP contribution < -0.4 is 10.0 Å². The van der Waals surface area contributed by atoms with Gasteiger partial charge >= 0.3 is 7.60 Å². The van der Waals surface area contributed by atoms with E-state index in [9.17, 15) is 4.57 Å². The standard InChI is InChI=1S/C11H17O4P/c1-2-3-6-9-15-10-7-4-5-8-11(10)16(12,13)14/h4-5,7-8H,2-3,6,9H2,1H3,(H2,12,13,14). The molecule has 0 saturated carbocycles. The zero-order chi connectivity index (χ0) is 12.0. The van der Waals surface area contributed by atoms with Gasteiger partial charge in [-0.15, -0.1) is 0 Å². The molecule has 16 heavy (non-hydrogen) atoms. The minimum absolute atomic E-state index is 0.0356. The maximum atomic E-state index is 11.2. The predicted molar refractivity (Wildman–Crippen MR) is 63.1 cm³/mol. The fourth-order valence-electron chi connectivity index (χ4n) is 1.35. The molecule has 0 aliphatic heterocycles. The van der Waals surface area contributed by atoms with E-state index in [0.29, 0.717) is 6.61 Å². The van der Waals surface area contributed by atoms with Crippen molar-refractivity contribution in [2.24, 2.45) is 0 Å². The van der Waals surface area contributed by atoms with Gasteiger partial charge in [0.15, 0.2) is 0 Å². The van der Waals surface area contributed by atoms with Crippen molar-refractivity contribution in [1.82, 2.24) is 0 Å². The van der Waals surface area contributed by atoms with Gasteiger partial charge in [-0.05, 0) is 18.6 Å². The summed E-state index contributed by atoms with van der Waals surface area (Å²) in [5.74, 6) is 0.284. The first-order chi connectivity index (χ1) is 7.55. The molecule has 90 valence electrons. The van der Waals surface area contributed by atoms with Gasteiger partial charge in [0.25, 0.3) is 0 Å². The number of benzene rings is 1. The SMILES string of the molecule is CCCCCOc1ccccc1P(=O)(O)O. The highest BCUT2D eigenvalue weighted by Crippen LogP contribution is 2.37. The third-order valence-electron chi connectivity index (χ3n) is 2.18. The Morgan fingerprint density at radius 2 is 1.94 bits per heavy atom. The van der Waals surface area contributed by atoms with Crippen molar-refractivity contribution in [3.8, 4) is 5.75 Å². The Bertz CT molecular complexity index is 372. The minimum Gasteiger partial charge on any atom is -0.493 e. The van der Waals surface area contributed by atoms with Gasteiger partial charge in [0.05, 0.1) is 6.61 Å². The number of unbranched alkanes of at least 4 members (excludes halogenated alkanes) is 2. The summed E-state index contributed by atoms with van der Waals surface area (Å²) in [4.78, 5) is 18.2. The molecule has 0 amide bonds. The first-order valence-electron chi connectivity index (χ1n) is 5.33. The van der Waals surface area contributed by atoms with Crippen LogP contribution >= 0.6 is 7.60 Å². The van der Waals surface area contributed by atoms with Crippen LogP contribution in [0.25, 0.3) is 0 Å². The van der Waals surface area contributed by atoms with Gasteiger partial charge < -0.3 is 14.5 Å². The van der Waals surface area contributed by atoms with Crippen LogP contribution in [-0.2, 0) is 4.57 Å². The van der Waals surface area contributed by atoms with E-state index in [2.05, 4.69) is 6.92 Å². The fraction of sp³-hybridized carbons (Fsp3) is 0.455. The molecule has 0 radical (unpaired) electrons. The van der Waals surface area contributed by atoms with E-state index in [0.717, 1.165) is 19.3 Å². The summed E-state index contributed by atoms with van der Waals surface area (Å²) in [6, 6.07) is 6.28. The van der Waals surface area contributed by atoms with E-state index in [1.54, 1.807) is 18.2 Å². The summed E-state index contributed by atoms with van der Waals surface area (Å²) in [5, 5.41) is -0.0356. The summed E-state index contributed by atoms with van der Waals surface area (Å²) in [7, 11) is -4.24. The van der Waals surface area contributed by atoms with Crippen molar-refractivity contribution in [3.05, 3.63) is 24.3 Å². The summed E-state index contributed by atoms with van der Waals surface area (Å²) in [6.07, 6.45) is 3.04. The normalized spacial score (nSPS) is 11.4. The number of rotatable bonds is 6. The van der Waals surface area contributed by atoms with Crippen LogP contribution in [0, 0.1) is 0 Å². The lowest BCUT2D eigenvalue weighted by Crippen LogP contribution is -2.10. The Labute approximate surface area is 95.4 Å². The van der Waals surface area contributed by atoms with E-state index >= 15 is 0 Å². The molecule has 0 aromatic heterocycles. The van der Waals surface area contributed by atoms with Gasteiger partial charge in [-0.25, -0.2) is 0 Å². The highest BCUT2D eigenvalue weighted by Gasteiger charge is 2.21. The van der Waals surface area contributed by atoms with Crippen LogP contribution in [0.15, 0.2) is 24.3 Å². The zero-order valence-corrected chi connectivity index (χ0v) is 10.2. The maximum absolute atomic E-state index is 11.2. The van der Waals surface area contributed by atoms with Crippen molar-refractivity contribution < 1.29 is 19.1 Å². The average molecular weight is 244 g/mol. The summed E-state index contributed by atoms with van der Waals surface area (Å²) in [6.45, 7) is 2.58. The molecular formula is C11H17O4P. The first kappa shape index (κ1) is 13.2. The molecule has 0 fully saturated rings. The predicted octanol–water partition coefficient (Wildman–Crippen LogP) is 2.06. The van der Waals surface area contributed by atoms with Gasteiger partial charge in [0, 0.05) is 0 Å². The third-order valence-corrected chi connectivity index (χ3v) is 3.18. The van der Waals surface area contributed by atoms with E-state index in [4.69, 9.17) is 14.5 Å². The molecule has 1 rings (SSSR count). The molecule has 0 bridgehead atoms. The molecule has 0 unspecified atom stereocenters. The van der Waals surface area contributed by atoms with Crippen molar-refractivity contribution in [1.29, 1.82) is 0 Å². The molecule has 0 spiro atoms. The minimum atomic E-state index is -4.24. The van der Waals surface area contributed by atoms with Crippen LogP contribution in [0.2, 0.25) is 0 Å². The lowest BCUT2D eigenvalue weighted by molar-refractivity contribution is 0.306. The van der Waals surface area contributed by atoms with Crippen LogP contribution in [0.4, 0.5) is 0 Å². The van der Waals surface area contributed by atoms with Gasteiger partial charge in [-0.3, -0.25) is 4.57 Å². The summed E-state index contributed by atoms with van der Waals surface area (Å²) >= 11 is 0. The van der Waals surface area contributed by atoms with E-state index in [1.807, 2.05) is 0 Å². The van der Waals surface area contributed by atoms with Gasteiger partial charge in [0.2, 0.25) is 0 Å². The lowest BCUT2D eigenvalue weighted by Gasteiger charge is -2.11. The second kappa shape index (κ2) is 6.04. The van der Waals surface area contributed by atoms with Gasteiger partial charge in [-0.2, -0.15) is 0 Å². The Hall–Kier alpha value is -0.830. The topological polar surface area (TPSA) is 66.8 Å². The first-order valence-corrected chi connectivity index (χ1v) is 6.95. The Morgan fingerprint density at radius 3 is 2.56 bits per heavy atom. The van der Waals surface area contributed by atoms with Crippen LogP contribution in [-0.4, -0.2) is 16.4 Å². The zero-order valence-electron chi connectivity index (χ0n) is 9.30. The molecule has 0 heterocycles. The molecule has 0 atom stereocenters.